The molecule has 0 spiro atoms. The quantitative estimate of drug-likeness (QED) is 0.227. The van der Waals surface area contributed by atoms with Crippen LogP contribution in [0.4, 0.5) is 8.78 Å². The molecule has 1 aliphatic carbocycles. The van der Waals surface area contributed by atoms with Crippen LogP contribution in [0.3, 0.4) is 0 Å². The average molecular weight is 601 g/mol. The summed E-state index contributed by atoms with van der Waals surface area (Å²) in [5.41, 5.74) is 0.877. The number of pyridine rings is 1. The third-order valence-electron chi connectivity index (χ3n) is 6.06. The van der Waals surface area contributed by atoms with Crippen molar-refractivity contribution in [1.29, 1.82) is 0 Å². The average Bonchev–Trinajstić information content (AvgIpc) is 3.73. The van der Waals surface area contributed by atoms with E-state index in [2.05, 4.69) is 9.72 Å². The number of nitrogens with one attached hydrogen (secondary N) is 1. The molecule has 0 amide bonds. The molecule has 1 saturated carbocycles. The van der Waals surface area contributed by atoms with Gasteiger partial charge in [-0.25, -0.2) is 13.4 Å². The van der Waals surface area contributed by atoms with Gasteiger partial charge in [-0.2, -0.15) is 8.78 Å². The summed E-state index contributed by atoms with van der Waals surface area (Å²) < 4.78 is 67.4. The summed E-state index contributed by atoms with van der Waals surface area (Å²) in [4.78, 5) is 15.8. The van der Waals surface area contributed by atoms with Crippen molar-refractivity contribution < 1.29 is 41.2 Å². The van der Waals surface area contributed by atoms with E-state index in [1.54, 1.807) is 18.2 Å². The predicted molar refractivity (Wildman–Crippen MR) is 140 cm³/mol. The van der Waals surface area contributed by atoms with E-state index in [9.17, 15) is 22.0 Å². The lowest BCUT2D eigenvalue weighted by Crippen LogP contribution is -2.18. The maximum Gasteiger partial charge on any atom is 0.387 e. The third-order valence-corrected chi connectivity index (χ3v) is 8.47. The van der Waals surface area contributed by atoms with E-state index in [-0.39, 0.29) is 32.9 Å². The van der Waals surface area contributed by atoms with Crippen molar-refractivity contribution in [3.63, 3.8) is 0 Å². The normalized spacial score (nSPS) is 14.2. The number of aromatic amines is 1. The highest BCUT2D eigenvalue weighted by Gasteiger charge is 2.27. The second-order valence-corrected chi connectivity index (χ2v) is 12.0. The Bertz CT molecular complexity index is 1380. The van der Waals surface area contributed by atoms with Gasteiger partial charge >= 0.3 is 12.6 Å². The molecule has 0 unspecified atom stereocenters. The van der Waals surface area contributed by atoms with Gasteiger partial charge in [0, 0.05) is 12.0 Å². The van der Waals surface area contributed by atoms with Crippen molar-refractivity contribution in [2.45, 2.75) is 43.3 Å². The lowest BCUT2D eigenvalue weighted by Gasteiger charge is -2.21. The van der Waals surface area contributed by atoms with Gasteiger partial charge in [0.1, 0.15) is 16.1 Å². The Labute approximate surface area is 234 Å². The summed E-state index contributed by atoms with van der Waals surface area (Å²) in [5, 5.41) is 0.580. The van der Waals surface area contributed by atoms with Crippen LogP contribution < -0.4 is 14.5 Å². The van der Waals surface area contributed by atoms with E-state index in [1.165, 1.54) is 42.7 Å². The maximum absolute atomic E-state index is 13.0. The molecule has 1 aromatic heterocycles. The standard InChI is InChI=1S/C27H25Cl2F2NO6S/c28-21-14-32-15-22(29)20(21)13-24(37-26(33)10-11-39(34,35)19-4-2-1-3-5-19)18-8-9-23(38-27(30)31)25(12-18)36-16-17-6-7-17/h1-5,8-9,12,14-15,17,24,27H,6-7,10-11,13,16H2/p+1/t24-/m0/s1. The van der Waals surface area contributed by atoms with Crippen LogP contribution in [0.1, 0.15) is 36.5 Å². The molecule has 0 bridgehead atoms. The van der Waals surface area contributed by atoms with Gasteiger partial charge in [-0.15, -0.1) is 0 Å². The van der Waals surface area contributed by atoms with Gasteiger partial charge in [0.2, 0.25) is 0 Å². The van der Waals surface area contributed by atoms with Crippen LogP contribution in [0.5, 0.6) is 11.5 Å². The largest absolute Gasteiger partial charge is 0.489 e. The first-order valence-electron chi connectivity index (χ1n) is 12.1. The Morgan fingerprint density at radius 3 is 2.36 bits per heavy atom. The number of alkyl halides is 2. The van der Waals surface area contributed by atoms with Crippen LogP contribution in [0.15, 0.2) is 65.8 Å². The molecule has 39 heavy (non-hydrogen) atoms. The van der Waals surface area contributed by atoms with E-state index in [0.717, 1.165) is 12.8 Å². The lowest BCUT2D eigenvalue weighted by molar-refractivity contribution is -0.377. The summed E-state index contributed by atoms with van der Waals surface area (Å²) in [7, 11) is -3.72. The van der Waals surface area contributed by atoms with Crippen LogP contribution in [0, 0.1) is 5.92 Å². The van der Waals surface area contributed by atoms with E-state index < -0.39 is 40.7 Å². The van der Waals surface area contributed by atoms with Gasteiger partial charge in [0.15, 0.2) is 33.7 Å². The summed E-state index contributed by atoms with van der Waals surface area (Å²) in [6, 6.07) is 12.0. The van der Waals surface area contributed by atoms with Crippen LogP contribution in [0.2, 0.25) is 10.0 Å². The van der Waals surface area contributed by atoms with E-state index >= 15 is 0 Å². The number of sulfone groups is 1. The van der Waals surface area contributed by atoms with Crippen molar-refractivity contribution in [2.75, 3.05) is 12.4 Å². The number of esters is 1. The molecule has 12 heteroatoms. The minimum absolute atomic E-state index is 0.0284. The number of carbonyl (C=O) groups is 1. The molecule has 0 radical (unpaired) electrons. The zero-order valence-electron chi connectivity index (χ0n) is 20.6. The summed E-state index contributed by atoms with van der Waals surface area (Å²) in [6.07, 6.45) is 3.63. The van der Waals surface area contributed by atoms with Gasteiger partial charge in [-0.05, 0) is 48.6 Å². The van der Waals surface area contributed by atoms with Crippen molar-refractivity contribution in [1.82, 2.24) is 0 Å². The molecular weight excluding hydrogens is 575 g/mol. The number of benzene rings is 2. The topological polar surface area (TPSA) is 93.0 Å². The Hall–Kier alpha value is -2.95. The molecule has 4 rings (SSSR count). The number of rotatable bonds is 13. The predicted octanol–water partition coefficient (Wildman–Crippen LogP) is 5.89. The monoisotopic (exact) mass is 600 g/mol. The van der Waals surface area contributed by atoms with Crippen LogP contribution in [0.25, 0.3) is 0 Å². The minimum atomic E-state index is -3.72. The first kappa shape index (κ1) is 29.0. The van der Waals surface area contributed by atoms with Gasteiger partial charge in [0.25, 0.3) is 0 Å². The van der Waals surface area contributed by atoms with Crippen molar-refractivity contribution in [2.24, 2.45) is 5.92 Å². The van der Waals surface area contributed by atoms with Gasteiger partial charge in [-0.3, -0.25) is 4.79 Å². The molecular formula is C27H26Cl2F2NO6S+. The Morgan fingerprint density at radius 1 is 1.03 bits per heavy atom. The second kappa shape index (κ2) is 12.9. The SMILES string of the molecule is O=C(CCS(=O)(=O)c1ccccc1)O[C@@H](Cc1c(Cl)c[nH+]cc1Cl)c1ccc(OC(F)F)c(OCC2CC2)c1. The van der Waals surface area contributed by atoms with Crippen molar-refractivity contribution in [3.05, 3.63) is 82.1 Å². The molecule has 2 aromatic carbocycles. The number of ether oxygens (including phenoxy) is 3. The Morgan fingerprint density at radius 2 is 1.72 bits per heavy atom. The number of hydrogen-bond acceptors (Lipinski definition) is 6. The highest BCUT2D eigenvalue weighted by atomic mass is 35.5. The zero-order valence-corrected chi connectivity index (χ0v) is 22.9. The van der Waals surface area contributed by atoms with Crippen LogP contribution in [-0.2, 0) is 25.8 Å². The van der Waals surface area contributed by atoms with Crippen molar-refractivity contribution in [3.8, 4) is 11.5 Å². The van der Waals surface area contributed by atoms with Gasteiger partial charge in [0.05, 0.1) is 23.7 Å². The molecule has 1 atom stereocenters. The fourth-order valence-electron chi connectivity index (χ4n) is 3.79. The molecule has 1 heterocycles. The first-order chi connectivity index (χ1) is 18.6. The summed E-state index contributed by atoms with van der Waals surface area (Å²) >= 11 is 12.7. The molecule has 1 fully saturated rings. The number of carbonyl (C=O) groups excluding carboxylic acids is 1. The first-order valence-corrected chi connectivity index (χ1v) is 14.6. The smallest absolute Gasteiger partial charge is 0.387 e. The zero-order chi connectivity index (χ0) is 28.0. The van der Waals surface area contributed by atoms with Crippen molar-refractivity contribution >= 4 is 39.0 Å². The highest BCUT2D eigenvalue weighted by Crippen LogP contribution is 2.37. The number of halogens is 4. The van der Waals surface area contributed by atoms with E-state index in [4.69, 9.17) is 32.7 Å². The lowest BCUT2D eigenvalue weighted by atomic mass is 10.0. The summed E-state index contributed by atoms with van der Waals surface area (Å²) in [5.74, 6) is -0.972. The summed E-state index contributed by atoms with van der Waals surface area (Å²) in [6.45, 7) is -2.73. The Kier molecular flexibility index (Phi) is 9.63. The number of H-pyrrole nitrogens is 1. The molecule has 1 N–H and O–H groups in total. The van der Waals surface area contributed by atoms with E-state index in [1.807, 2.05) is 0 Å². The molecule has 208 valence electrons. The number of hydrogen-bond donors (Lipinski definition) is 0. The molecule has 7 nitrogen and oxygen atoms in total. The van der Waals surface area contributed by atoms with E-state index in [0.29, 0.717) is 23.7 Å². The third kappa shape index (κ3) is 8.27. The fraction of sp³-hybridized carbons (Fsp3) is 0.333. The molecule has 3 aromatic rings. The minimum Gasteiger partial charge on any atom is -0.489 e. The molecule has 1 aliphatic rings. The van der Waals surface area contributed by atoms with Crippen LogP contribution in [-0.4, -0.2) is 33.4 Å². The Balaban J connectivity index is 1.58. The highest BCUT2D eigenvalue weighted by molar-refractivity contribution is 7.91. The van der Waals surface area contributed by atoms with Crippen LogP contribution >= 0.6 is 23.2 Å². The van der Waals surface area contributed by atoms with Gasteiger partial charge < -0.3 is 14.2 Å². The van der Waals surface area contributed by atoms with Gasteiger partial charge in [-0.1, -0.05) is 47.5 Å². The number of aromatic nitrogens is 1. The second-order valence-electron chi connectivity index (χ2n) is 9.03. The fourth-order valence-corrected chi connectivity index (χ4v) is 5.56. The molecule has 0 aliphatic heterocycles. The maximum atomic E-state index is 13.0. The molecule has 0 saturated heterocycles.